The fourth-order valence-electron chi connectivity index (χ4n) is 1.74. The lowest BCUT2D eigenvalue weighted by Crippen LogP contribution is -2.21. The van der Waals surface area contributed by atoms with E-state index in [9.17, 15) is 8.42 Å². The van der Waals surface area contributed by atoms with E-state index in [4.69, 9.17) is 11.6 Å². The topological polar surface area (TPSA) is 74.0 Å². The molecule has 0 unspecified atom stereocenters. The van der Waals surface area contributed by atoms with Gasteiger partial charge in [0.2, 0.25) is 0 Å². The summed E-state index contributed by atoms with van der Waals surface area (Å²) in [6.45, 7) is 4.64. The molecule has 0 radical (unpaired) electrons. The Bertz CT molecular complexity index is 711. The third-order valence-corrected chi connectivity index (χ3v) is 4.52. The van der Waals surface area contributed by atoms with E-state index in [1.807, 2.05) is 13.8 Å². The van der Waals surface area contributed by atoms with Gasteiger partial charge in [0.25, 0.3) is 10.0 Å². The third kappa shape index (κ3) is 4.23. The molecule has 0 aliphatic carbocycles. The Balaban J connectivity index is 2.15. The Labute approximate surface area is 129 Å². The van der Waals surface area contributed by atoms with Gasteiger partial charge in [-0.3, -0.25) is 4.72 Å². The van der Waals surface area contributed by atoms with Gasteiger partial charge in [0.1, 0.15) is 4.90 Å². The number of rotatable bonds is 6. The first-order chi connectivity index (χ1) is 9.88. The molecule has 0 spiro atoms. The minimum atomic E-state index is -3.65. The molecule has 3 N–H and O–H groups in total. The normalized spacial score (nSPS) is 11.8. The number of aromatic nitrogens is 1. The average molecular weight is 328 g/mol. The number of hydrogen-bond acceptors (Lipinski definition) is 3. The van der Waals surface area contributed by atoms with E-state index in [0.29, 0.717) is 23.3 Å². The number of halogens is 1. The molecule has 1 aromatic heterocycles. The fourth-order valence-corrected chi connectivity index (χ4v) is 3.07. The Kier molecular flexibility index (Phi) is 4.92. The summed E-state index contributed by atoms with van der Waals surface area (Å²) in [4.78, 5) is 3.14. The van der Waals surface area contributed by atoms with Gasteiger partial charge in [-0.2, -0.15) is 0 Å². The SMILES string of the molecule is CC(C)NCc1cc(S(=O)(=O)Nc2ccccc2Cl)c[nH]1. The van der Waals surface area contributed by atoms with Crippen molar-refractivity contribution in [3.63, 3.8) is 0 Å². The lowest BCUT2D eigenvalue weighted by Gasteiger charge is -2.08. The number of benzene rings is 1. The van der Waals surface area contributed by atoms with Gasteiger partial charge in [0.15, 0.2) is 0 Å². The first-order valence-corrected chi connectivity index (χ1v) is 8.42. The van der Waals surface area contributed by atoms with E-state index in [2.05, 4.69) is 15.0 Å². The Morgan fingerprint density at radius 3 is 2.67 bits per heavy atom. The quantitative estimate of drug-likeness (QED) is 0.763. The molecule has 1 heterocycles. The number of anilines is 1. The number of para-hydroxylation sites is 1. The van der Waals surface area contributed by atoms with Crippen molar-refractivity contribution in [1.29, 1.82) is 0 Å². The first kappa shape index (κ1) is 15.9. The molecule has 7 heteroatoms. The van der Waals surface area contributed by atoms with Crippen LogP contribution in [-0.4, -0.2) is 19.4 Å². The molecular weight excluding hydrogens is 310 g/mol. The van der Waals surface area contributed by atoms with Gasteiger partial charge in [-0.15, -0.1) is 0 Å². The molecule has 1 aromatic carbocycles. The second-order valence-corrected chi connectivity index (χ2v) is 7.07. The van der Waals surface area contributed by atoms with Gasteiger partial charge >= 0.3 is 0 Å². The maximum atomic E-state index is 12.3. The van der Waals surface area contributed by atoms with Crippen molar-refractivity contribution in [2.45, 2.75) is 31.3 Å². The van der Waals surface area contributed by atoms with Crippen LogP contribution < -0.4 is 10.0 Å². The van der Waals surface area contributed by atoms with Crippen molar-refractivity contribution >= 4 is 27.3 Å². The smallest absolute Gasteiger partial charge is 0.263 e. The van der Waals surface area contributed by atoms with Crippen molar-refractivity contribution in [2.75, 3.05) is 4.72 Å². The Morgan fingerprint density at radius 1 is 1.29 bits per heavy atom. The van der Waals surface area contributed by atoms with Crippen molar-refractivity contribution in [2.24, 2.45) is 0 Å². The number of hydrogen-bond donors (Lipinski definition) is 3. The van der Waals surface area contributed by atoms with E-state index in [1.165, 1.54) is 6.20 Å². The molecular formula is C14H18ClN3O2S. The second-order valence-electron chi connectivity index (χ2n) is 4.98. The highest BCUT2D eigenvalue weighted by atomic mass is 35.5. The van der Waals surface area contributed by atoms with Crippen LogP contribution in [0.4, 0.5) is 5.69 Å². The summed E-state index contributed by atoms with van der Waals surface area (Å²) >= 11 is 5.96. The molecule has 0 saturated carbocycles. The lowest BCUT2D eigenvalue weighted by molar-refractivity contribution is 0.582. The number of aromatic amines is 1. The molecule has 5 nitrogen and oxygen atoms in total. The summed E-state index contributed by atoms with van der Waals surface area (Å²) in [5.41, 5.74) is 1.17. The van der Waals surface area contributed by atoms with Crippen molar-refractivity contribution in [1.82, 2.24) is 10.3 Å². The second kappa shape index (κ2) is 6.51. The van der Waals surface area contributed by atoms with Crippen LogP contribution in [0.15, 0.2) is 41.4 Å². The van der Waals surface area contributed by atoms with Crippen LogP contribution in [0.1, 0.15) is 19.5 Å². The third-order valence-electron chi connectivity index (χ3n) is 2.85. The van der Waals surface area contributed by atoms with Gasteiger partial charge in [-0.1, -0.05) is 37.6 Å². The van der Waals surface area contributed by atoms with Crippen LogP contribution in [-0.2, 0) is 16.6 Å². The van der Waals surface area contributed by atoms with E-state index < -0.39 is 10.0 Å². The van der Waals surface area contributed by atoms with Crippen LogP contribution in [0.25, 0.3) is 0 Å². The van der Waals surface area contributed by atoms with Crippen molar-refractivity contribution in [3.05, 3.63) is 47.2 Å². The first-order valence-electron chi connectivity index (χ1n) is 6.56. The lowest BCUT2D eigenvalue weighted by atomic mass is 10.3. The molecule has 0 bridgehead atoms. The molecule has 0 aliphatic heterocycles. The molecule has 2 aromatic rings. The molecule has 0 fully saturated rings. The number of nitrogens with one attached hydrogen (secondary N) is 3. The van der Waals surface area contributed by atoms with Crippen molar-refractivity contribution in [3.8, 4) is 0 Å². The average Bonchev–Trinajstić information content (AvgIpc) is 2.88. The summed E-state index contributed by atoms with van der Waals surface area (Å²) in [6, 6.07) is 8.65. The zero-order valence-corrected chi connectivity index (χ0v) is 13.4. The van der Waals surface area contributed by atoms with Gasteiger partial charge in [-0.05, 0) is 18.2 Å². The van der Waals surface area contributed by atoms with Gasteiger partial charge < -0.3 is 10.3 Å². The molecule has 0 aliphatic rings. The van der Waals surface area contributed by atoms with Crippen LogP contribution in [0.3, 0.4) is 0 Å². The van der Waals surface area contributed by atoms with E-state index >= 15 is 0 Å². The fraction of sp³-hybridized carbons (Fsp3) is 0.286. The van der Waals surface area contributed by atoms with Gasteiger partial charge in [-0.25, -0.2) is 8.42 Å². The van der Waals surface area contributed by atoms with Crippen LogP contribution >= 0.6 is 11.6 Å². The van der Waals surface area contributed by atoms with Crippen LogP contribution in [0.2, 0.25) is 5.02 Å². The van der Waals surface area contributed by atoms with Crippen LogP contribution in [0.5, 0.6) is 0 Å². The number of sulfonamides is 1. The monoisotopic (exact) mass is 327 g/mol. The van der Waals surface area contributed by atoms with Gasteiger partial charge in [0, 0.05) is 24.5 Å². The highest BCUT2D eigenvalue weighted by Crippen LogP contribution is 2.24. The highest BCUT2D eigenvalue weighted by Gasteiger charge is 2.17. The molecule has 114 valence electrons. The predicted molar refractivity (Wildman–Crippen MR) is 85.0 cm³/mol. The van der Waals surface area contributed by atoms with Crippen LogP contribution in [0, 0.1) is 0 Å². The van der Waals surface area contributed by atoms with E-state index in [1.54, 1.807) is 30.3 Å². The maximum Gasteiger partial charge on any atom is 0.263 e. The van der Waals surface area contributed by atoms with E-state index in [-0.39, 0.29) is 4.90 Å². The zero-order valence-electron chi connectivity index (χ0n) is 11.9. The standard InChI is InChI=1S/C14H18ClN3O2S/c1-10(2)16-8-11-7-12(9-17-11)21(19,20)18-14-6-4-3-5-13(14)15/h3-7,9-10,16-18H,8H2,1-2H3. The molecule has 21 heavy (non-hydrogen) atoms. The predicted octanol–water partition coefficient (Wildman–Crippen LogP) is 2.97. The summed E-state index contributed by atoms with van der Waals surface area (Å²) in [7, 11) is -3.65. The highest BCUT2D eigenvalue weighted by molar-refractivity contribution is 7.92. The van der Waals surface area contributed by atoms with Gasteiger partial charge in [0.05, 0.1) is 10.7 Å². The summed E-state index contributed by atoms with van der Waals surface area (Å²) < 4.78 is 27.1. The maximum absolute atomic E-state index is 12.3. The molecule has 2 rings (SSSR count). The minimum absolute atomic E-state index is 0.183. The molecule has 0 atom stereocenters. The number of H-pyrrole nitrogens is 1. The van der Waals surface area contributed by atoms with Crippen molar-refractivity contribution < 1.29 is 8.42 Å². The Hall–Kier alpha value is -1.50. The molecule has 0 amide bonds. The largest absolute Gasteiger partial charge is 0.363 e. The minimum Gasteiger partial charge on any atom is -0.363 e. The summed E-state index contributed by atoms with van der Waals surface area (Å²) in [6.07, 6.45) is 1.47. The van der Waals surface area contributed by atoms with E-state index in [0.717, 1.165) is 5.69 Å². The zero-order chi connectivity index (χ0) is 15.5. The Morgan fingerprint density at radius 2 is 2.00 bits per heavy atom. The molecule has 0 saturated heterocycles. The summed E-state index contributed by atoms with van der Waals surface area (Å²) in [5.74, 6) is 0. The summed E-state index contributed by atoms with van der Waals surface area (Å²) in [5, 5.41) is 3.58.